The molecular weight excluding hydrogens is 252 g/mol. The second-order valence-corrected chi connectivity index (χ2v) is 11.9. The second-order valence-electron chi connectivity index (χ2n) is 6.40. The summed E-state index contributed by atoms with van der Waals surface area (Å²) in [5, 5.41) is 0. The first kappa shape index (κ1) is 13.8. The molecule has 0 spiro atoms. The monoisotopic (exact) mass is 274 g/mol. The predicted molar refractivity (Wildman–Crippen MR) is 68.2 cm³/mol. The third-order valence-electron chi connectivity index (χ3n) is 3.43. The van der Waals surface area contributed by atoms with Gasteiger partial charge in [0, 0.05) is 21.6 Å². The van der Waals surface area contributed by atoms with Crippen molar-refractivity contribution in [2.24, 2.45) is 0 Å². The lowest BCUT2D eigenvalue weighted by Gasteiger charge is -2.43. The average molecular weight is 274 g/mol. The number of methoxy groups -OCH3 is 1. The molecule has 4 atom stereocenters. The summed E-state index contributed by atoms with van der Waals surface area (Å²) in [5.74, 6) is 0. The zero-order valence-corrected chi connectivity index (χ0v) is 12.7. The maximum Gasteiger partial charge on any atom is 0.509 e. The van der Waals surface area contributed by atoms with Crippen LogP contribution in [0.15, 0.2) is 0 Å². The molecule has 2 heterocycles. The van der Waals surface area contributed by atoms with E-state index < -0.39 is 19.8 Å². The standard InChI is InChI=1S/C12H22O5Si/c1-8-10-12(7-18(3,4)5,17-11(13)16-10)6-9(14-2)15-8/h8-10H,6-7H2,1-5H3. The Morgan fingerprint density at radius 1 is 1.44 bits per heavy atom. The summed E-state index contributed by atoms with van der Waals surface area (Å²) in [6.07, 6.45) is -0.878. The van der Waals surface area contributed by atoms with Crippen molar-refractivity contribution in [3.8, 4) is 0 Å². The SMILES string of the molecule is COC1CC2(C[Si](C)(C)C)OC(=O)OC2C(C)O1. The minimum Gasteiger partial charge on any atom is -0.424 e. The Hall–Kier alpha value is -0.593. The Balaban J connectivity index is 2.27. The van der Waals surface area contributed by atoms with E-state index >= 15 is 0 Å². The van der Waals surface area contributed by atoms with Crippen molar-refractivity contribution in [3.63, 3.8) is 0 Å². The van der Waals surface area contributed by atoms with Crippen LogP contribution in [0.3, 0.4) is 0 Å². The van der Waals surface area contributed by atoms with Crippen molar-refractivity contribution >= 4 is 14.2 Å². The van der Waals surface area contributed by atoms with Crippen LogP contribution in [0, 0.1) is 0 Å². The molecule has 2 aliphatic rings. The largest absolute Gasteiger partial charge is 0.509 e. The van der Waals surface area contributed by atoms with Crippen LogP contribution >= 0.6 is 0 Å². The van der Waals surface area contributed by atoms with Crippen LogP contribution in [0.4, 0.5) is 4.79 Å². The summed E-state index contributed by atoms with van der Waals surface area (Å²) < 4.78 is 21.8. The number of ether oxygens (including phenoxy) is 4. The van der Waals surface area contributed by atoms with Gasteiger partial charge in [0.25, 0.3) is 0 Å². The Morgan fingerprint density at radius 3 is 2.67 bits per heavy atom. The van der Waals surface area contributed by atoms with Crippen molar-refractivity contribution in [2.45, 2.75) is 63.1 Å². The van der Waals surface area contributed by atoms with Gasteiger partial charge in [0.05, 0.1) is 6.10 Å². The molecule has 0 aromatic heterocycles. The van der Waals surface area contributed by atoms with Gasteiger partial charge in [-0.2, -0.15) is 0 Å². The summed E-state index contributed by atoms with van der Waals surface area (Å²) in [6, 6.07) is 0.865. The quantitative estimate of drug-likeness (QED) is 0.584. The minimum atomic E-state index is -1.41. The summed E-state index contributed by atoms with van der Waals surface area (Å²) in [7, 11) is 0.199. The molecule has 0 bridgehead atoms. The van der Waals surface area contributed by atoms with E-state index in [2.05, 4.69) is 19.6 Å². The molecule has 0 saturated carbocycles. The highest BCUT2D eigenvalue weighted by Crippen LogP contribution is 2.44. The van der Waals surface area contributed by atoms with Gasteiger partial charge in [-0.25, -0.2) is 4.79 Å². The fourth-order valence-corrected chi connectivity index (χ4v) is 5.24. The van der Waals surface area contributed by atoms with E-state index in [0.717, 1.165) is 6.04 Å². The van der Waals surface area contributed by atoms with Gasteiger partial charge in [-0.15, -0.1) is 0 Å². The van der Waals surface area contributed by atoms with E-state index in [1.54, 1.807) is 7.11 Å². The summed E-state index contributed by atoms with van der Waals surface area (Å²) in [4.78, 5) is 11.5. The third kappa shape index (κ3) is 2.55. The van der Waals surface area contributed by atoms with E-state index in [0.29, 0.717) is 6.42 Å². The van der Waals surface area contributed by atoms with Crippen molar-refractivity contribution in [3.05, 3.63) is 0 Å². The molecule has 2 rings (SSSR count). The molecule has 0 amide bonds. The van der Waals surface area contributed by atoms with E-state index in [1.165, 1.54) is 0 Å². The van der Waals surface area contributed by atoms with Crippen LogP contribution < -0.4 is 0 Å². The van der Waals surface area contributed by atoms with Gasteiger partial charge in [-0.3, -0.25) is 0 Å². The molecule has 2 fully saturated rings. The number of carbonyl (C=O) groups is 1. The molecule has 104 valence electrons. The van der Waals surface area contributed by atoms with Crippen molar-refractivity contribution in [2.75, 3.05) is 7.11 Å². The summed E-state index contributed by atoms with van der Waals surface area (Å²) in [5.41, 5.74) is -0.570. The molecule has 18 heavy (non-hydrogen) atoms. The molecule has 0 aromatic rings. The van der Waals surface area contributed by atoms with Crippen LogP contribution in [0.1, 0.15) is 13.3 Å². The molecule has 2 saturated heterocycles. The lowest BCUT2D eigenvalue weighted by Crippen LogP contribution is -2.57. The molecule has 6 heteroatoms. The topological polar surface area (TPSA) is 54.0 Å². The number of fused-ring (bicyclic) bond motifs is 1. The fraction of sp³-hybridized carbons (Fsp3) is 0.917. The van der Waals surface area contributed by atoms with Gasteiger partial charge >= 0.3 is 6.16 Å². The van der Waals surface area contributed by atoms with Crippen LogP contribution in [0.25, 0.3) is 0 Å². The third-order valence-corrected chi connectivity index (χ3v) is 5.08. The van der Waals surface area contributed by atoms with Gasteiger partial charge < -0.3 is 18.9 Å². The Bertz CT molecular complexity index is 340. The molecule has 0 N–H and O–H groups in total. The molecule has 0 aliphatic carbocycles. The molecule has 2 aliphatic heterocycles. The first-order chi connectivity index (χ1) is 8.26. The summed E-state index contributed by atoms with van der Waals surface area (Å²) in [6.45, 7) is 8.67. The zero-order chi connectivity index (χ0) is 13.6. The van der Waals surface area contributed by atoms with Crippen LogP contribution in [-0.2, 0) is 18.9 Å². The number of hydrogen-bond acceptors (Lipinski definition) is 5. The Morgan fingerprint density at radius 2 is 2.11 bits per heavy atom. The smallest absolute Gasteiger partial charge is 0.424 e. The van der Waals surface area contributed by atoms with Crippen LogP contribution in [0.2, 0.25) is 25.7 Å². The maximum absolute atomic E-state index is 11.5. The van der Waals surface area contributed by atoms with Gasteiger partial charge in [0.1, 0.15) is 0 Å². The predicted octanol–water partition coefficient (Wildman–Crippen LogP) is 2.38. The Labute approximate surface area is 109 Å². The van der Waals surface area contributed by atoms with Crippen LogP contribution in [-0.4, -0.2) is 45.4 Å². The average Bonchev–Trinajstić information content (AvgIpc) is 2.51. The van der Waals surface area contributed by atoms with Gasteiger partial charge in [-0.1, -0.05) is 19.6 Å². The highest BCUT2D eigenvalue weighted by Gasteiger charge is 2.59. The molecule has 0 radical (unpaired) electrons. The van der Waals surface area contributed by atoms with E-state index in [9.17, 15) is 4.79 Å². The first-order valence-corrected chi connectivity index (χ1v) is 10.0. The molecular formula is C12H22O5Si. The van der Waals surface area contributed by atoms with Gasteiger partial charge in [0.15, 0.2) is 18.0 Å². The van der Waals surface area contributed by atoms with E-state index in [-0.39, 0.29) is 18.5 Å². The van der Waals surface area contributed by atoms with Crippen molar-refractivity contribution in [1.29, 1.82) is 0 Å². The van der Waals surface area contributed by atoms with E-state index in [1.807, 2.05) is 6.92 Å². The normalized spacial score (nSPS) is 40.1. The van der Waals surface area contributed by atoms with Gasteiger partial charge in [-0.05, 0) is 13.0 Å². The number of carbonyl (C=O) groups excluding carboxylic acids is 1. The van der Waals surface area contributed by atoms with Gasteiger partial charge in [0.2, 0.25) is 0 Å². The number of hydrogen-bond donors (Lipinski definition) is 0. The lowest BCUT2D eigenvalue weighted by atomic mass is 9.88. The van der Waals surface area contributed by atoms with E-state index in [4.69, 9.17) is 18.9 Å². The lowest BCUT2D eigenvalue weighted by molar-refractivity contribution is -0.235. The molecule has 5 nitrogen and oxygen atoms in total. The first-order valence-electron chi connectivity index (χ1n) is 6.34. The minimum absolute atomic E-state index is 0.202. The van der Waals surface area contributed by atoms with Crippen LogP contribution in [0.5, 0.6) is 0 Å². The maximum atomic E-state index is 11.5. The molecule has 4 unspecified atom stereocenters. The zero-order valence-electron chi connectivity index (χ0n) is 11.7. The summed E-state index contributed by atoms with van der Waals surface area (Å²) >= 11 is 0. The van der Waals surface area contributed by atoms with Crippen molar-refractivity contribution < 1.29 is 23.7 Å². The highest BCUT2D eigenvalue weighted by atomic mass is 28.3. The van der Waals surface area contributed by atoms with Crippen molar-refractivity contribution in [1.82, 2.24) is 0 Å². The fourth-order valence-electron chi connectivity index (χ4n) is 3.03. The number of rotatable bonds is 3. The second kappa shape index (κ2) is 4.50. The molecule has 0 aromatic carbocycles. The Kier molecular flexibility index (Phi) is 3.46. The highest BCUT2D eigenvalue weighted by molar-refractivity contribution is 6.76.